The zero-order valence-electron chi connectivity index (χ0n) is 14.8. The highest BCUT2D eigenvalue weighted by molar-refractivity contribution is 6.31. The molecule has 2 nitrogen and oxygen atoms in total. The Kier molecular flexibility index (Phi) is 5.82. The molecule has 17 heteroatoms. The second-order valence-corrected chi connectivity index (χ2v) is 7.02. The van der Waals surface area contributed by atoms with Crippen LogP contribution in [0.4, 0.5) is 61.5 Å². The molecule has 0 atom stereocenters. The molecule has 33 heavy (non-hydrogen) atoms. The van der Waals surface area contributed by atoms with Crippen LogP contribution in [0.25, 0.3) is 5.76 Å². The van der Waals surface area contributed by atoms with Gasteiger partial charge in [-0.1, -0.05) is 23.4 Å². The van der Waals surface area contributed by atoms with Crippen LogP contribution in [0.15, 0.2) is 24.3 Å². The van der Waals surface area contributed by atoms with E-state index in [-0.39, 0.29) is 18.2 Å². The smallest absolute Gasteiger partial charge is 0.417 e. The predicted molar refractivity (Wildman–Crippen MR) is 77.7 cm³/mol. The Morgan fingerprint density at radius 2 is 1.24 bits per heavy atom. The number of rotatable bonds is 3. The van der Waals surface area contributed by atoms with Crippen LogP contribution in [0.2, 0.25) is 5.02 Å². The average molecular weight is 530 g/mol. The molecule has 1 aromatic carbocycles. The van der Waals surface area contributed by atoms with Gasteiger partial charge < -0.3 is 5.11 Å². The summed E-state index contributed by atoms with van der Waals surface area (Å²) in [6.45, 7) is 0. The van der Waals surface area contributed by atoms with Gasteiger partial charge in [0.05, 0.1) is 10.6 Å². The van der Waals surface area contributed by atoms with Gasteiger partial charge >= 0.3 is 36.0 Å². The number of ketones is 1. The lowest BCUT2D eigenvalue weighted by molar-refractivity contribution is -0.341. The first-order valence-corrected chi connectivity index (χ1v) is 8.19. The topological polar surface area (TPSA) is 40.1 Å². The first-order valence-electron chi connectivity index (χ1n) is 7.81. The van der Waals surface area contributed by atoms with Crippen molar-refractivity contribution in [3.8, 4) is 0 Å². The van der Waals surface area contributed by atoms with E-state index in [4.69, 9.17) is 11.6 Å². The summed E-state index contributed by atoms with van der Waals surface area (Å²) < 4.78 is 188. The van der Waals surface area contributed by atoms with Crippen molar-refractivity contribution in [1.82, 2.24) is 0 Å². The Morgan fingerprint density at radius 1 is 0.818 bits per heavy atom. The summed E-state index contributed by atoms with van der Waals surface area (Å²) in [7, 11) is 0. The van der Waals surface area contributed by atoms with Crippen molar-refractivity contribution in [3.05, 3.63) is 40.4 Å². The van der Waals surface area contributed by atoms with Gasteiger partial charge in [0.2, 0.25) is 0 Å². The highest BCUT2D eigenvalue weighted by Gasteiger charge is 3.06. The van der Waals surface area contributed by atoms with Gasteiger partial charge in [-0.05, 0) is 23.8 Å². The lowest BCUT2D eigenvalue weighted by Crippen LogP contribution is -2.64. The van der Waals surface area contributed by atoms with E-state index in [0.717, 1.165) is 0 Å². The maximum Gasteiger partial charge on any atom is 0.417 e. The molecule has 0 aliphatic heterocycles. The summed E-state index contributed by atoms with van der Waals surface area (Å²) in [5.41, 5.74) is -10.4. The number of carbonyl (C=O) groups excluding carboxylic acids is 1. The zero-order chi connectivity index (χ0) is 26.2. The first kappa shape index (κ1) is 27.0. The summed E-state index contributed by atoms with van der Waals surface area (Å²) in [5, 5.41) is 10.8. The van der Waals surface area contributed by atoms with Crippen LogP contribution < -0.4 is 5.11 Å². The Balaban J connectivity index is 2.82. The quantitative estimate of drug-likeness (QED) is 0.285. The van der Waals surface area contributed by atoms with E-state index in [1.807, 2.05) is 0 Å². The third-order valence-corrected chi connectivity index (χ3v) is 5.07. The molecule has 186 valence electrons. The standard InChI is InChI=1S/C16H5ClF14O2/c17-7-2-1-5(3-6(7)11(18,19)20)8(32)4-9(33)10(16(29,30)31)12(21,22)14(25,26)15(27,28)13(10,23)24/h1-4,32H/p-1/b8-4-. The van der Waals surface area contributed by atoms with E-state index in [1.54, 1.807) is 0 Å². The minimum atomic E-state index is -7.51. The molecule has 0 radical (unpaired) electrons. The maximum absolute atomic E-state index is 14.0. The number of allylic oxidation sites excluding steroid dienone is 1. The second-order valence-electron chi connectivity index (χ2n) is 6.61. The molecular weight excluding hydrogens is 526 g/mol. The lowest BCUT2D eigenvalue weighted by Gasteiger charge is -2.37. The molecular formula is C16H4ClF14O2-. The minimum Gasteiger partial charge on any atom is -0.872 e. The van der Waals surface area contributed by atoms with Crippen LogP contribution in [-0.4, -0.2) is 35.6 Å². The SMILES string of the molecule is O=C(/C=C(\[O-])c1ccc(Cl)c(C(F)(F)F)c1)C1(C(F)(F)F)C(F)(F)C(F)(F)C(F)(F)C1(F)F. The molecule has 0 bridgehead atoms. The molecule has 0 aromatic heterocycles. The lowest BCUT2D eigenvalue weighted by atomic mass is 9.74. The molecule has 0 unspecified atom stereocenters. The van der Waals surface area contributed by atoms with Crippen molar-refractivity contribution in [1.29, 1.82) is 0 Å². The van der Waals surface area contributed by atoms with E-state index in [0.29, 0.717) is 0 Å². The van der Waals surface area contributed by atoms with Crippen molar-refractivity contribution >= 4 is 23.1 Å². The maximum atomic E-state index is 14.0. The fourth-order valence-electron chi connectivity index (χ4n) is 3.07. The van der Waals surface area contributed by atoms with Crippen molar-refractivity contribution in [2.45, 2.75) is 36.0 Å². The number of hydrogen-bond donors (Lipinski definition) is 0. The highest BCUT2D eigenvalue weighted by atomic mass is 35.5. The predicted octanol–water partition coefficient (Wildman–Crippen LogP) is 5.73. The van der Waals surface area contributed by atoms with Crippen molar-refractivity contribution in [3.63, 3.8) is 0 Å². The number of hydrogen-bond acceptors (Lipinski definition) is 2. The molecule has 1 aliphatic rings. The molecule has 0 saturated heterocycles. The van der Waals surface area contributed by atoms with Crippen LogP contribution in [0.1, 0.15) is 11.1 Å². The van der Waals surface area contributed by atoms with Crippen molar-refractivity contribution in [2.24, 2.45) is 5.41 Å². The fourth-order valence-corrected chi connectivity index (χ4v) is 3.30. The molecule has 0 amide bonds. The van der Waals surface area contributed by atoms with Gasteiger partial charge in [0.25, 0.3) is 5.41 Å². The molecule has 2 rings (SSSR count). The molecule has 1 fully saturated rings. The third kappa shape index (κ3) is 3.19. The Hall–Kier alpha value is -2.26. The minimum absolute atomic E-state index is 0.233. The summed E-state index contributed by atoms with van der Waals surface area (Å²) >= 11 is 5.19. The van der Waals surface area contributed by atoms with Gasteiger partial charge in [-0.2, -0.15) is 61.5 Å². The van der Waals surface area contributed by atoms with E-state index < -0.39 is 75.2 Å². The van der Waals surface area contributed by atoms with Gasteiger partial charge in [0.1, 0.15) is 0 Å². The fraction of sp³-hybridized carbons (Fsp3) is 0.438. The largest absolute Gasteiger partial charge is 0.872 e. The summed E-state index contributed by atoms with van der Waals surface area (Å²) in [5.74, 6) is -36.2. The number of alkyl halides is 14. The molecule has 0 heterocycles. The van der Waals surface area contributed by atoms with Crippen LogP contribution in [0, 0.1) is 5.41 Å². The monoisotopic (exact) mass is 529 g/mol. The Labute approximate surface area is 177 Å². The number of halogens is 15. The molecule has 0 spiro atoms. The van der Waals surface area contributed by atoms with Crippen molar-refractivity contribution < 1.29 is 71.4 Å². The van der Waals surface area contributed by atoms with Gasteiger partial charge in [-0.25, -0.2) is 0 Å². The third-order valence-electron chi connectivity index (χ3n) is 4.74. The van der Waals surface area contributed by atoms with Crippen LogP contribution in [-0.2, 0) is 11.0 Å². The van der Waals surface area contributed by atoms with E-state index in [2.05, 4.69) is 0 Å². The van der Waals surface area contributed by atoms with Crippen LogP contribution >= 0.6 is 11.6 Å². The summed E-state index contributed by atoms with van der Waals surface area (Å²) in [6.07, 6.45) is -14.2. The van der Waals surface area contributed by atoms with E-state index >= 15 is 0 Å². The molecule has 1 saturated carbocycles. The summed E-state index contributed by atoms with van der Waals surface area (Å²) in [4.78, 5) is 11.9. The normalized spacial score (nSPS) is 23.4. The van der Waals surface area contributed by atoms with Crippen LogP contribution in [0.3, 0.4) is 0 Å². The van der Waals surface area contributed by atoms with Gasteiger partial charge in [0.15, 0.2) is 5.78 Å². The molecule has 1 aromatic rings. The first-order chi connectivity index (χ1) is 14.4. The van der Waals surface area contributed by atoms with E-state index in [1.165, 1.54) is 0 Å². The average Bonchev–Trinajstić information content (AvgIpc) is 2.64. The molecule has 1 aliphatic carbocycles. The Bertz CT molecular complexity index is 979. The van der Waals surface area contributed by atoms with Gasteiger partial charge in [-0.3, -0.25) is 4.79 Å². The second kappa shape index (κ2) is 7.12. The zero-order valence-corrected chi connectivity index (χ0v) is 15.6. The van der Waals surface area contributed by atoms with E-state index in [9.17, 15) is 71.4 Å². The number of carbonyl (C=O) groups is 1. The number of benzene rings is 1. The van der Waals surface area contributed by atoms with Gasteiger partial charge in [0, 0.05) is 0 Å². The van der Waals surface area contributed by atoms with Gasteiger partial charge in [-0.15, -0.1) is 0 Å². The Morgan fingerprint density at radius 3 is 1.61 bits per heavy atom. The molecule has 0 N–H and O–H groups in total. The van der Waals surface area contributed by atoms with Crippen molar-refractivity contribution in [2.75, 3.05) is 0 Å². The van der Waals surface area contributed by atoms with Crippen LogP contribution in [0.5, 0.6) is 0 Å². The highest BCUT2D eigenvalue weighted by Crippen LogP contribution is 2.75. The summed E-state index contributed by atoms with van der Waals surface area (Å²) in [6, 6.07) is 0.331.